The molecular weight excluding hydrogens is 364 g/mol. The summed E-state index contributed by atoms with van der Waals surface area (Å²) in [6, 6.07) is 16.1. The van der Waals surface area contributed by atoms with Crippen LogP contribution in [0.2, 0.25) is 0 Å². The fraction of sp³-hybridized carbons (Fsp3) is 0.280. The highest BCUT2D eigenvalue weighted by atomic mass is 16.5. The Morgan fingerprint density at radius 2 is 1.76 bits per heavy atom. The number of hydrogen-bond donors (Lipinski definition) is 1. The molecule has 29 heavy (non-hydrogen) atoms. The number of benzene rings is 3. The largest absolute Gasteiger partial charge is 0.508 e. The first-order valence-electron chi connectivity index (χ1n) is 10.0. The van der Waals surface area contributed by atoms with Crippen molar-refractivity contribution in [3.63, 3.8) is 0 Å². The van der Waals surface area contributed by atoms with Gasteiger partial charge in [-0.15, -0.1) is 0 Å². The van der Waals surface area contributed by atoms with Gasteiger partial charge in [0.25, 0.3) is 0 Å². The first kappa shape index (κ1) is 16.8. The fourth-order valence-electron chi connectivity index (χ4n) is 4.90. The van der Waals surface area contributed by atoms with Gasteiger partial charge >= 0.3 is 0 Å². The third kappa shape index (κ3) is 2.32. The van der Waals surface area contributed by atoms with Crippen LogP contribution in [0.3, 0.4) is 0 Å². The van der Waals surface area contributed by atoms with Crippen molar-refractivity contribution in [3.8, 4) is 34.1 Å². The lowest BCUT2D eigenvalue weighted by molar-refractivity contribution is 0.105. The molecule has 3 heterocycles. The van der Waals surface area contributed by atoms with E-state index >= 15 is 0 Å². The van der Waals surface area contributed by atoms with Crippen molar-refractivity contribution < 1.29 is 19.3 Å². The number of rotatable bonds is 0. The number of ether oxygens (including phenoxy) is 3. The minimum absolute atomic E-state index is 0.108. The van der Waals surface area contributed by atoms with Crippen LogP contribution in [0.4, 0.5) is 0 Å². The number of phenolic OH excluding ortho intramolecular Hbond substituents is 1. The molecule has 0 spiro atoms. The Morgan fingerprint density at radius 3 is 2.62 bits per heavy atom. The van der Waals surface area contributed by atoms with Crippen LogP contribution in [-0.4, -0.2) is 11.7 Å². The SMILES string of the molecule is Cc1ccc2c(c1)-c1cc3c(cc1OC2(C)C)OC1c2ccc(O)cc2OCC31. The minimum Gasteiger partial charge on any atom is -0.508 e. The maximum atomic E-state index is 9.77. The van der Waals surface area contributed by atoms with Gasteiger partial charge in [0, 0.05) is 34.4 Å². The molecule has 4 nitrogen and oxygen atoms in total. The Morgan fingerprint density at radius 1 is 0.897 bits per heavy atom. The van der Waals surface area contributed by atoms with E-state index < -0.39 is 5.60 Å². The van der Waals surface area contributed by atoms with Crippen molar-refractivity contribution in [2.75, 3.05) is 6.61 Å². The van der Waals surface area contributed by atoms with Gasteiger partial charge in [0.05, 0.1) is 12.5 Å². The molecule has 2 unspecified atom stereocenters. The first-order chi connectivity index (χ1) is 13.9. The van der Waals surface area contributed by atoms with Crippen molar-refractivity contribution in [1.29, 1.82) is 0 Å². The van der Waals surface area contributed by atoms with Gasteiger partial charge in [-0.1, -0.05) is 23.8 Å². The normalized spacial score (nSPS) is 22.0. The van der Waals surface area contributed by atoms with Crippen LogP contribution in [0.15, 0.2) is 48.5 Å². The van der Waals surface area contributed by atoms with Crippen molar-refractivity contribution in [3.05, 3.63) is 70.8 Å². The molecule has 3 aliphatic heterocycles. The molecule has 1 N–H and O–H groups in total. The molecule has 0 aromatic heterocycles. The van der Waals surface area contributed by atoms with E-state index in [0.29, 0.717) is 12.4 Å². The third-order valence-corrected chi connectivity index (χ3v) is 6.33. The summed E-state index contributed by atoms with van der Waals surface area (Å²) in [6.45, 7) is 6.86. The smallest absolute Gasteiger partial charge is 0.138 e. The summed E-state index contributed by atoms with van der Waals surface area (Å²) in [5, 5.41) is 9.77. The molecule has 3 aromatic rings. The fourth-order valence-corrected chi connectivity index (χ4v) is 4.90. The molecule has 0 amide bonds. The standard InChI is InChI=1S/C25H22O4/c1-13-4-7-20-16(8-13)17-10-18-19-12-27-21-9-14(26)5-6-15(21)24(19)28-22(18)11-23(17)29-25(20,2)3/h4-11,19,24,26H,12H2,1-3H3. The Kier molecular flexibility index (Phi) is 3.17. The van der Waals surface area contributed by atoms with E-state index in [1.807, 2.05) is 12.1 Å². The highest BCUT2D eigenvalue weighted by Gasteiger charge is 2.43. The number of phenols is 1. The molecule has 0 saturated heterocycles. The van der Waals surface area contributed by atoms with Crippen LogP contribution in [0.1, 0.15) is 48.1 Å². The molecule has 6 rings (SSSR count). The van der Waals surface area contributed by atoms with Crippen molar-refractivity contribution in [2.45, 2.75) is 38.4 Å². The van der Waals surface area contributed by atoms with Crippen LogP contribution in [0.25, 0.3) is 11.1 Å². The molecule has 3 aliphatic rings. The molecule has 0 radical (unpaired) electrons. The third-order valence-electron chi connectivity index (χ3n) is 6.33. The Balaban J connectivity index is 1.50. The summed E-state index contributed by atoms with van der Waals surface area (Å²) in [4.78, 5) is 0. The van der Waals surface area contributed by atoms with E-state index in [4.69, 9.17) is 14.2 Å². The van der Waals surface area contributed by atoms with E-state index in [-0.39, 0.29) is 17.8 Å². The molecule has 2 atom stereocenters. The average molecular weight is 386 g/mol. The molecular formula is C25H22O4. The molecule has 0 bridgehead atoms. The molecule has 3 aromatic carbocycles. The summed E-state index contributed by atoms with van der Waals surface area (Å²) in [7, 11) is 0. The molecule has 0 saturated carbocycles. The Hall–Kier alpha value is -3.14. The van der Waals surface area contributed by atoms with Gasteiger partial charge in [-0.05, 0) is 44.5 Å². The predicted molar refractivity (Wildman–Crippen MR) is 110 cm³/mol. The lowest BCUT2D eigenvalue weighted by atomic mass is 9.83. The predicted octanol–water partition coefficient (Wildman–Crippen LogP) is 5.60. The zero-order chi connectivity index (χ0) is 19.9. The highest BCUT2D eigenvalue weighted by molar-refractivity contribution is 5.79. The Bertz CT molecular complexity index is 1180. The summed E-state index contributed by atoms with van der Waals surface area (Å²) in [5.41, 5.74) is 6.51. The van der Waals surface area contributed by atoms with Gasteiger partial charge in [0.1, 0.15) is 34.7 Å². The molecule has 4 heteroatoms. The van der Waals surface area contributed by atoms with Gasteiger partial charge in [-0.3, -0.25) is 0 Å². The zero-order valence-electron chi connectivity index (χ0n) is 16.7. The number of aryl methyl sites for hydroxylation is 1. The second-order valence-electron chi connectivity index (χ2n) is 8.73. The van der Waals surface area contributed by atoms with Crippen LogP contribution in [0, 0.1) is 6.92 Å². The van der Waals surface area contributed by atoms with Gasteiger partial charge in [-0.25, -0.2) is 0 Å². The van der Waals surface area contributed by atoms with Crippen molar-refractivity contribution >= 4 is 0 Å². The zero-order valence-corrected chi connectivity index (χ0v) is 16.7. The topological polar surface area (TPSA) is 47.9 Å². The maximum Gasteiger partial charge on any atom is 0.138 e. The van der Waals surface area contributed by atoms with Gasteiger partial charge in [0.2, 0.25) is 0 Å². The van der Waals surface area contributed by atoms with Crippen LogP contribution < -0.4 is 14.2 Å². The van der Waals surface area contributed by atoms with E-state index in [1.54, 1.807) is 12.1 Å². The number of hydrogen-bond acceptors (Lipinski definition) is 4. The lowest BCUT2D eigenvalue weighted by Gasteiger charge is -2.35. The van der Waals surface area contributed by atoms with E-state index in [0.717, 1.165) is 28.2 Å². The van der Waals surface area contributed by atoms with Crippen molar-refractivity contribution in [2.24, 2.45) is 0 Å². The average Bonchev–Trinajstić information content (AvgIpc) is 3.03. The van der Waals surface area contributed by atoms with Crippen molar-refractivity contribution in [1.82, 2.24) is 0 Å². The second-order valence-corrected chi connectivity index (χ2v) is 8.73. The molecule has 0 aliphatic carbocycles. The first-order valence-corrected chi connectivity index (χ1v) is 10.0. The van der Waals surface area contributed by atoms with E-state index in [9.17, 15) is 5.11 Å². The number of aromatic hydroxyl groups is 1. The summed E-state index contributed by atoms with van der Waals surface area (Å²) in [6.07, 6.45) is -0.108. The summed E-state index contributed by atoms with van der Waals surface area (Å²) < 4.78 is 18.8. The van der Waals surface area contributed by atoms with Crippen LogP contribution in [-0.2, 0) is 5.60 Å². The molecule has 146 valence electrons. The lowest BCUT2D eigenvalue weighted by Crippen LogP contribution is -2.29. The van der Waals surface area contributed by atoms with Gasteiger partial charge < -0.3 is 19.3 Å². The number of fused-ring (bicyclic) bond motifs is 8. The van der Waals surface area contributed by atoms with Crippen LogP contribution >= 0.6 is 0 Å². The second kappa shape index (κ2) is 5.47. The van der Waals surface area contributed by atoms with Crippen LogP contribution in [0.5, 0.6) is 23.0 Å². The van der Waals surface area contributed by atoms with Gasteiger partial charge in [0.15, 0.2) is 0 Å². The maximum absolute atomic E-state index is 9.77. The monoisotopic (exact) mass is 386 g/mol. The van der Waals surface area contributed by atoms with E-state index in [1.165, 1.54) is 16.7 Å². The summed E-state index contributed by atoms with van der Waals surface area (Å²) >= 11 is 0. The minimum atomic E-state index is -0.400. The summed E-state index contributed by atoms with van der Waals surface area (Å²) in [5.74, 6) is 2.74. The molecule has 0 fully saturated rings. The quantitative estimate of drug-likeness (QED) is 0.546. The highest BCUT2D eigenvalue weighted by Crippen LogP contribution is 2.56. The Labute approximate surface area is 169 Å². The van der Waals surface area contributed by atoms with Gasteiger partial charge in [-0.2, -0.15) is 0 Å². The van der Waals surface area contributed by atoms with E-state index in [2.05, 4.69) is 45.0 Å².